The molecular weight excluding hydrogens is 695 g/mol. The number of carbonyl (C=O) groups excluding carboxylic acids is 4. The van der Waals surface area contributed by atoms with Crippen molar-refractivity contribution in [1.82, 2.24) is 25.3 Å². The number of hydrogen-bond acceptors (Lipinski definition) is 9. The average molecular weight is 764 g/mol. The first-order chi connectivity index (χ1) is 25.1. The number of ether oxygens (including phenoxy) is 3. The molecule has 1 aromatic rings. The first-order valence-electron chi connectivity index (χ1n) is 19.1. The molecule has 1 saturated heterocycles. The maximum atomic E-state index is 14.2. The quantitative estimate of drug-likeness (QED) is 0.176. The van der Waals surface area contributed by atoms with Crippen LogP contribution in [0.1, 0.15) is 79.2 Å². The van der Waals surface area contributed by atoms with Crippen LogP contribution in [0.4, 0.5) is 0 Å². The summed E-state index contributed by atoms with van der Waals surface area (Å²) in [6.07, 6.45) is 4.94. The average Bonchev–Trinajstić information content (AvgIpc) is 3.61. The molecule has 1 heterocycles. The van der Waals surface area contributed by atoms with Gasteiger partial charge in [-0.05, 0) is 75.1 Å². The summed E-state index contributed by atoms with van der Waals surface area (Å²) in [7, 11) is 10.3. The van der Waals surface area contributed by atoms with Gasteiger partial charge >= 0.3 is 0 Å². The van der Waals surface area contributed by atoms with E-state index < -0.39 is 18.2 Å². The van der Waals surface area contributed by atoms with Gasteiger partial charge in [-0.15, -0.1) is 0 Å². The molecule has 1 aliphatic heterocycles. The minimum absolute atomic E-state index is 0.0198. The molecule has 0 saturated carbocycles. The summed E-state index contributed by atoms with van der Waals surface area (Å²) < 4.78 is 16.8. The van der Waals surface area contributed by atoms with Crippen molar-refractivity contribution in [3.63, 3.8) is 0 Å². The lowest BCUT2D eigenvalue weighted by Crippen LogP contribution is -2.59. The summed E-state index contributed by atoms with van der Waals surface area (Å²) in [5.74, 6) is 0.769. The Kier molecular flexibility index (Phi) is 19.5. The number of nitrogens with zero attached hydrogens (tertiary/aromatic N) is 3. The lowest BCUT2D eigenvalue weighted by atomic mass is 9.89. The van der Waals surface area contributed by atoms with Crippen LogP contribution < -0.4 is 20.1 Å². The summed E-state index contributed by atoms with van der Waals surface area (Å²) in [6.45, 7) is 13.1. The predicted molar refractivity (Wildman–Crippen MR) is 213 cm³/mol. The number of benzene rings is 1. The van der Waals surface area contributed by atoms with Crippen LogP contribution >= 0.6 is 11.8 Å². The number of likely N-dealkylation sites (tertiary alicyclic amines) is 1. The maximum absolute atomic E-state index is 14.2. The van der Waals surface area contributed by atoms with Crippen molar-refractivity contribution >= 4 is 35.4 Å². The molecule has 0 radical (unpaired) electrons. The van der Waals surface area contributed by atoms with E-state index in [1.54, 1.807) is 45.0 Å². The molecule has 2 N–H and O–H groups in total. The largest absolute Gasteiger partial charge is 0.493 e. The lowest BCUT2D eigenvalue weighted by Gasteiger charge is -2.41. The van der Waals surface area contributed by atoms with Gasteiger partial charge in [0.1, 0.15) is 6.04 Å². The number of amides is 4. The molecule has 0 aliphatic carbocycles. The molecule has 7 atom stereocenters. The molecule has 4 amide bonds. The van der Waals surface area contributed by atoms with Crippen molar-refractivity contribution in [1.29, 1.82) is 0 Å². The Balaban J connectivity index is 2.15. The number of carbonyl (C=O) groups is 4. The van der Waals surface area contributed by atoms with Gasteiger partial charge in [0, 0.05) is 45.0 Å². The molecule has 1 aromatic carbocycles. The monoisotopic (exact) mass is 763 g/mol. The van der Waals surface area contributed by atoms with Gasteiger partial charge < -0.3 is 34.6 Å². The van der Waals surface area contributed by atoms with E-state index in [0.29, 0.717) is 37.4 Å². The van der Waals surface area contributed by atoms with Crippen molar-refractivity contribution in [2.24, 2.45) is 17.8 Å². The van der Waals surface area contributed by atoms with Gasteiger partial charge in [-0.25, -0.2) is 0 Å². The maximum Gasteiger partial charge on any atom is 0.245 e. The zero-order valence-corrected chi connectivity index (χ0v) is 35.5. The fourth-order valence-corrected chi connectivity index (χ4v) is 8.54. The van der Waals surface area contributed by atoms with Crippen LogP contribution in [0.5, 0.6) is 11.5 Å². The standard InChI is InChI=1S/C40H69N5O7S/c1-14-27(6)38(44(9)40(49)36(25(2)3)42-39(48)37(26(4)5)43(7)8)32(52-12)23-35(47)45-21-15-16-29(45)33(53-13)24-34(46)41-20-19-28-17-18-30(50-10)31(22-28)51-11/h17-18,22,25-27,29,32-33,36-38H,14-16,19-21,23-24H2,1-13H3,(H,41,46)(H,42,48). The van der Waals surface area contributed by atoms with Crippen LogP contribution in [0.25, 0.3) is 0 Å². The van der Waals surface area contributed by atoms with Crippen LogP contribution in [-0.2, 0) is 30.3 Å². The first kappa shape index (κ1) is 46.1. The Morgan fingerprint density at radius 3 is 2.15 bits per heavy atom. The molecule has 7 unspecified atom stereocenters. The van der Waals surface area contributed by atoms with E-state index in [1.165, 1.54) is 0 Å². The summed E-state index contributed by atoms with van der Waals surface area (Å²) in [6, 6.07) is 4.14. The minimum atomic E-state index is -0.732. The number of likely N-dealkylation sites (N-methyl/N-ethyl adjacent to an activating group) is 2. The summed E-state index contributed by atoms with van der Waals surface area (Å²) in [5.41, 5.74) is 1.03. The Bertz CT molecular complexity index is 1320. The number of nitrogens with one attached hydrogen (secondary N) is 2. The Labute approximate surface area is 323 Å². The zero-order chi connectivity index (χ0) is 40.0. The zero-order valence-electron chi connectivity index (χ0n) is 34.7. The number of rotatable bonds is 22. The summed E-state index contributed by atoms with van der Waals surface area (Å²) >= 11 is 1.61. The van der Waals surface area contributed by atoms with E-state index in [9.17, 15) is 19.2 Å². The van der Waals surface area contributed by atoms with E-state index in [2.05, 4.69) is 24.5 Å². The number of methoxy groups -OCH3 is 3. The molecule has 0 aromatic heterocycles. The molecule has 1 fully saturated rings. The van der Waals surface area contributed by atoms with Crippen LogP contribution in [0.2, 0.25) is 0 Å². The first-order valence-corrected chi connectivity index (χ1v) is 20.4. The van der Waals surface area contributed by atoms with Gasteiger partial charge in [0.2, 0.25) is 23.6 Å². The van der Waals surface area contributed by atoms with Crippen molar-refractivity contribution in [3.8, 4) is 11.5 Å². The fourth-order valence-electron chi connectivity index (χ4n) is 7.63. The van der Waals surface area contributed by atoms with Crippen molar-refractivity contribution in [3.05, 3.63) is 23.8 Å². The van der Waals surface area contributed by atoms with Gasteiger partial charge in [0.25, 0.3) is 0 Å². The summed E-state index contributed by atoms with van der Waals surface area (Å²) in [5, 5.41) is 6.05. The molecular formula is C40H69N5O7S. The van der Waals surface area contributed by atoms with E-state index in [0.717, 1.165) is 24.8 Å². The van der Waals surface area contributed by atoms with Gasteiger partial charge in [-0.3, -0.25) is 24.1 Å². The topological polar surface area (TPSA) is 130 Å². The SMILES string of the molecule is CCC(C)C(C(CC(=O)N1CCCC1C(CC(=O)NCCc1ccc(OC)c(OC)c1)SC)OC)N(C)C(=O)C(NC(=O)C(C(C)C)N(C)C)C(C)C. The second-order valence-electron chi connectivity index (χ2n) is 15.3. The third-order valence-corrected chi connectivity index (χ3v) is 11.8. The van der Waals surface area contributed by atoms with Crippen LogP contribution in [-0.4, -0.2) is 136 Å². The molecule has 53 heavy (non-hydrogen) atoms. The molecule has 0 bridgehead atoms. The smallest absolute Gasteiger partial charge is 0.245 e. The Morgan fingerprint density at radius 1 is 0.962 bits per heavy atom. The van der Waals surface area contributed by atoms with Crippen LogP contribution in [0.3, 0.4) is 0 Å². The molecule has 13 heteroatoms. The third-order valence-electron chi connectivity index (χ3n) is 10.7. The van der Waals surface area contributed by atoms with Gasteiger partial charge in [-0.2, -0.15) is 11.8 Å². The second kappa shape index (κ2) is 22.4. The van der Waals surface area contributed by atoms with Gasteiger partial charge in [0.05, 0.1) is 38.8 Å². The van der Waals surface area contributed by atoms with E-state index in [4.69, 9.17) is 14.2 Å². The van der Waals surface area contributed by atoms with E-state index in [1.807, 2.05) is 76.0 Å². The predicted octanol–water partition coefficient (Wildman–Crippen LogP) is 4.48. The lowest BCUT2D eigenvalue weighted by molar-refractivity contribution is -0.146. The number of thioether (sulfide) groups is 1. The highest BCUT2D eigenvalue weighted by Gasteiger charge is 2.41. The molecule has 1 aliphatic rings. The van der Waals surface area contributed by atoms with Crippen LogP contribution in [0.15, 0.2) is 18.2 Å². The van der Waals surface area contributed by atoms with Crippen molar-refractivity contribution in [2.45, 2.75) is 116 Å². The highest BCUT2D eigenvalue weighted by atomic mass is 32.2. The number of hydrogen-bond donors (Lipinski definition) is 2. The fraction of sp³-hybridized carbons (Fsp3) is 0.750. The minimum Gasteiger partial charge on any atom is -0.493 e. The Hall–Kier alpha value is -3.03. The van der Waals surface area contributed by atoms with Gasteiger partial charge in [-0.1, -0.05) is 54.0 Å². The molecule has 2 rings (SSSR count). The van der Waals surface area contributed by atoms with Crippen LogP contribution in [0, 0.1) is 17.8 Å². The van der Waals surface area contributed by atoms with Gasteiger partial charge in [0.15, 0.2) is 11.5 Å². The van der Waals surface area contributed by atoms with Crippen molar-refractivity contribution in [2.75, 3.05) is 61.8 Å². The van der Waals surface area contributed by atoms with E-state index >= 15 is 0 Å². The normalized spacial score (nSPS) is 18.0. The highest BCUT2D eigenvalue weighted by molar-refractivity contribution is 7.99. The molecule has 302 valence electrons. The third kappa shape index (κ3) is 12.8. The summed E-state index contributed by atoms with van der Waals surface area (Å²) in [4.78, 5) is 60.3. The highest BCUT2D eigenvalue weighted by Crippen LogP contribution is 2.31. The second-order valence-corrected chi connectivity index (χ2v) is 16.3. The van der Waals surface area contributed by atoms with Crippen molar-refractivity contribution < 1.29 is 33.4 Å². The molecule has 0 spiro atoms. The molecule has 12 nitrogen and oxygen atoms in total. The Morgan fingerprint density at radius 2 is 1.62 bits per heavy atom. The van der Waals surface area contributed by atoms with E-state index in [-0.39, 0.29) is 65.1 Å².